The zero-order valence-electron chi connectivity index (χ0n) is 18.1. The monoisotopic (exact) mass is 497 g/mol. The van der Waals surface area contributed by atoms with Gasteiger partial charge in [0.15, 0.2) is 10.9 Å². The van der Waals surface area contributed by atoms with Crippen molar-refractivity contribution in [3.05, 3.63) is 77.8 Å². The summed E-state index contributed by atoms with van der Waals surface area (Å²) >= 11 is 7.75. The van der Waals surface area contributed by atoms with Gasteiger partial charge in [0.1, 0.15) is 5.82 Å². The Bertz CT molecular complexity index is 1290. The first-order chi connectivity index (χ1) is 16.6. The third-order valence-electron chi connectivity index (χ3n) is 5.62. The summed E-state index contributed by atoms with van der Waals surface area (Å²) in [6.07, 6.45) is 1.57. The number of furan rings is 1. The fourth-order valence-corrected chi connectivity index (χ4v) is 4.97. The highest BCUT2D eigenvalue weighted by atomic mass is 35.5. The van der Waals surface area contributed by atoms with Crippen LogP contribution in [0.1, 0.15) is 0 Å². The molecule has 1 aliphatic heterocycles. The minimum Gasteiger partial charge on any atom is -0.461 e. The van der Waals surface area contributed by atoms with Crippen molar-refractivity contribution in [1.82, 2.24) is 19.7 Å². The van der Waals surface area contributed by atoms with Crippen LogP contribution in [0.5, 0.6) is 0 Å². The van der Waals surface area contributed by atoms with Crippen LogP contribution in [0.25, 0.3) is 17.3 Å². The van der Waals surface area contributed by atoms with E-state index in [0.29, 0.717) is 59.3 Å². The number of anilines is 1. The van der Waals surface area contributed by atoms with Gasteiger partial charge in [0, 0.05) is 26.2 Å². The fourth-order valence-electron chi connectivity index (χ4n) is 3.90. The van der Waals surface area contributed by atoms with E-state index in [0.717, 1.165) is 0 Å². The summed E-state index contributed by atoms with van der Waals surface area (Å²) in [5, 5.41) is 9.67. The highest BCUT2D eigenvalue weighted by Gasteiger charge is 2.25. The number of piperazine rings is 1. The maximum Gasteiger partial charge on any atom is 0.233 e. The Hall–Kier alpha value is -3.30. The number of halogens is 2. The number of rotatable bonds is 6. The number of nitrogens with zero attached hydrogens (tertiary/aromatic N) is 5. The Morgan fingerprint density at radius 1 is 0.971 bits per heavy atom. The molecule has 5 rings (SSSR count). The zero-order valence-corrected chi connectivity index (χ0v) is 19.7. The molecule has 0 saturated carbocycles. The van der Waals surface area contributed by atoms with Crippen LogP contribution < -0.4 is 4.90 Å². The lowest BCUT2D eigenvalue weighted by atomic mass is 10.2. The van der Waals surface area contributed by atoms with Crippen molar-refractivity contribution in [1.29, 1.82) is 0 Å². The minimum atomic E-state index is -0.246. The normalized spacial score (nSPS) is 13.9. The van der Waals surface area contributed by atoms with E-state index in [4.69, 9.17) is 16.0 Å². The number of hydrogen-bond donors (Lipinski definition) is 0. The average molecular weight is 498 g/mol. The second kappa shape index (κ2) is 9.90. The first-order valence-electron chi connectivity index (χ1n) is 10.8. The van der Waals surface area contributed by atoms with Gasteiger partial charge in [-0.15, -0.1) is 10.2 Å². The van der Waals surface area contributed by atoms with Crippen LogP contribution in [0, 0.1) is 5.82 Å². The van der Waals surface area contributed by atoms with Crippen molar-refractivity contribution in [2.75, 3.05) is 36.8 Å². The number of carbonyl (C=O) groups excluding carboxylic acids is 1. The lowest BCUT2D eigenvalue weighted by Gasteiger charge is -2.36. The Balaban J connectivity index is 1.29. The molecule has 34 heavy (non-hydrogen) atoms. The molecule has 0 radical (unpaired) electrons. The Morgan fingerprint density at radius 3 is 2.41 bits per heavy atom. The maximum atomic E-state index is 14.1. The van der Waals surface area contributed by atoms with Crippen LogP contribution in [-0.2, 0) is 4.79 Å². The molecule has 0 atom stereocenters. The molecule has 0 unspecified atom stereocenters. The van der Waals surface area contributed by atoms with Gasteiger partial charge in [-0.05, 0) is 36.4 Å². The molecule has 2 aromatic carbocycles. The number of benzene rings is 2. The van der Waals surface area contributed by atoms with Gasteiger partial charge in [-0.2, -0.15) is 0 Å². The molecule has 0 N–H and O–H groups in total. The SMILES string of the molecule is O=C(CSc1nnc(-c2ccco2)n1-c1ccccc1Cl)N1CCN(c2ccccc2F)CC1. The Labute approximate surface area is 205 Å². The fraction of sp³-hybridized carbons (Fsp3) is 0.208. The molecule has 2 aromatic heterocycles. The number of hydrogen-bond acceptors (Lipinski definition) is 6. The predicted octanol–water partition coefficient (Wildman–Crippen LogP) is 4.76. The summed E-state index contributed by atoms with van der Waals surface area (Å²) in [4.78, 5) is 16.7. The smallest absolute Gasteiger partial charge is 0.233 e. The maximum absolute atomic E-state index is 14.1. The van der Waals surface area contributed by atoms with E-state index in [1.807, 2.05) is 29.2 Å². The van der Waals surface area contributed by atoms with Crippen LogP contribution in [0.15, 0.2) is 76.5 Å². The van der Waals surface area contributed by atoms with E-state index < -0.39 is 0 Å². The van der Waals surface area contributed by atoms with Crippen LogP contribution in [0.4, 0.5) is 10.1 Å². The summed E-state index contributed by atoms with van der Waals surface area (Å²) in [6, 6.07) is 17.7. The molecule has 1 saturated heterocycles. The van der Waals surface area contributed by atoms with Gasteiger partial charge in [-0.3, -0.25) is 9.36 Å². The van der Waals surface area contributed by atoms with Gasteiger partial charge >= 0.3 is 0 Å². The van der Waals surface area contributed by atoms with E-state index in [1.54, 1.807) is 46.1 Å². The molecule has 3 heterocycles. The van der Waals surface area contributed by atoms with Crippen molar-refractivity contribution in [3.63, 3.8) is 0 Å². The van der Waals surface area contributed by atoms with E-state index in [9.17, 15) is 9.18 Å². The zero-order chi connectivity index (χ0) is 23.5. The van der Waals surface area contributed by atoms with Gasteiger partial charge in [0.25, 0.3) is 0 Å². The molecular weight excluding hydrogens is 477 g/mol. The molecule has 0 aliphatic carbocycles. The van der Waals surface area contributed by atoms with Gasteiger partial charge in [-0.1, -0.05) is 47.6 Å². The van der Waals surface area contributed by atoms with E-state index >= 15 is 0 Å². The van der Waals surface area contributed by atoms with Crippen molar-refractivity contribution >= 4 is 35.0 Å². The molecule has 1 aliphatic rings. The lowest BCUT2D eigenvalue weighted by molar-refractivity contribution is -0.128. The largest absolute Gasteiger partial charge is 0.461 e. The number of amides is 1. The van der Waals surface area contributed by atoms with Crippen molar-refractivity contribution in [2.45, 2.75) is 5.16 Å². The minimum absolute atomic E-state index is 0.00793. The summed E-state index contributed by atoms with van der Waals surface area (Å²) in [6.45, 7) is 2.22. The summed E-state index contributed by atoms with van der Waals surface area (Å²) in [5.41, 5.74) is 1.27. The summed E-state index contributed by atoms with van der Waals surface area (Å²) in [5.74, 6) is 0.998. The van der Waals surface area contributed by atoms with E-state index in [1.165, 1.54) is 17.8 Å². The molecule has 174 valence electrons. The molecule has 7 nitrogen and oxygen atoms in total. The topological polar surface area (TPSA) is 67.4 Å². The predicted molar refractivity (Wildman–Crippen MR) is 130 cm³/mol. The molecule has 4 aromatic rings. The standard InChI is InChI=1S/C24H21ClFN5O2S/c25-17-6-1-3-8-19(17)31-23(21-10-5-15-33-21)27-28-24(31)34-16-22(32)30-13-11-29(12-14-30)20-9-4-2-7-18(20)26/h1-10,15H,11-14,16H2. The summed E-state index contributed by atoms with van der Waals surface area (Å²) in [7, 11) is 0. The molecular formula is C24H21ClFN5O2S. The number of para-hydroxylation sites is 2. The van der Waals surface area contributed by atoms with Crippen LogP contribution in [-0.4, -0.2) is 57.5 Å². The van der Waals surface area contributed by atoms with E-state index in [2.05, 4.69) is 10.2 Å². The lowest BCUT2D eigenvalue weighted by Crippen LogP contribution is -2.49. The second-order valence-corrected chi connectivity index (χ2v) is 9.03. The highest BCUT2D eigenvalue weighted by Crippen LogP contribution is 2.31. The second-order valence-electron chi connectivity index (χ2n) is 7.68. The van der Waals surface area contributed by atoms with Crippen molar-refractivity contribution < 1.29 is 13.6 Å². The van der Waals surface area contributed by atoms with Crippen LogP contribution >= 0.6 is 23.4 Å². The Kier molecular flexibility index (Phi) is 6.55. The average Bonchev–Trinajstić information content (AvgIpc) is 3.53. The van der Waals surface area contributed by atoms with Gasteiger partial charge in [0.05, 0.1) is 28.4 Å². The molecule has 0 spiro atoms. The summed E-state index contributed by atoms with van der Waals surface area (Å²) < 4.78 is 21.4. The van der Waals surface area contributed by atoms with Crippen molar-refractivity contribution in [3.8, 4) is 17.3 Å². The highest BCUT2D eigenvalue weighted by molar-refractivity contribution is 7.99. The number of thioether (sulfide) groups is 1. The van der Waals surface area contributed by atoms with Crippen LogP contribution in [0.2, 0.25) is 5.02 Å². The van der Waals surface area contributed by atoms with Gasteiger partial charge < -0.3 is 14.2 Å². The van der Waals surface area contributed by atoms with E-state index in [-0.39, 0.29) is 17.5 Å². The third-order valence-corrected chi connectivity index (χ3v) is 6.85. The van der Waals surface area contributed by atoms with Gasteiger partial charge in [0.2, 0.25) is 11.7 Å². The first kappa shape index (κ1) is 22.5. The third kappa shape index (κ3) is 4.53. The molecule has 10 heteroatoms. The van der Waals surface area contributed by atoms with Crippen molar-refractivity contribution in [2.24, 2.45) is 0 Å². The molecule has 1 amide bonds. The number of aromatic nitrogens is 3. The molecule has 0 bridgehead atoms. The quantitative estimate of drug-likeness (QED) is 0.358. The Morgan fingerprint density at radius 2 is 1.71 bits per heavy atom. The van der Waals surface area contributed by atoms with Crippen LogP contribution in [0.3, 0.4) is 0 Å². The number of carbonyl (C=O) groups is 1. The first-order valence-corrected chi connectivity index (χ1v) is 12.1. The molecule has 1 fully saturated rings. The van der Waals surface area contributed by atoms with Gasteiger partial charge in [-0.25, -0.2) is 4.39 Å².